The molecule has 0 spiro atoms. The molecule has 0 fully saturated rings. The standard InChI is InChI=1S/C9H10N4/c1-13-5-9(12-6-13)7-2-3-11-4-8(7)10/h2-6H,10H2,1H3. The maximum Gasteiger partial charge on any atom is 0.0951 e. The van der Waals surface area contributed by atoms with Crippen LogP contribution in [0.1, 0.15) is 0 Å². The molecule has 2 N–H and O–H groups in total. The Balaban J connectivity index is 2.52. The van der Waals surface area contributed by atoms with Gasteiger partial charge in [-0.3, -0.25) is 4.98 Å². The Morgan fingerprint density at radius 2 is 2.31 bits per heavy atom. The summed E-state index contributed by atoms with van der Waals surface area (Å²) in [5, 5.41) is 0. The fourth-order valence-electron chi connectivity index (χ4n) is 1.19. The Hall–Kier alpha value is -1.84. The van der Waals surface area contributed by atoms with Gasteiger partial charge in [-0.05, 0) is 6.07 Å². The molecule has 0 radical (unpaired) electrons. The lowest BCUT2D eigenvalue weighted by Crippen LogP contribution is -1.90. The highest BCUT2D eigenvalue weighted by Gasteiger charge is 2.03. The maximum absolute atomic E-state index is 5.75. The summed E-state index contributed by atoms with van der Waals surface area (Å²) in [5.74, 6) is 0. The van der Waals surface area contributed by atoms with Gasteiger partial charge in [0.25, 0.3) is 0 Å². The summed E-state index contributed by atoms with van der Waals surface area (Å²) in [4.78, 5) is 8.12. The van der Waals surface area contributed by atoms with Crippen molar-refractivity contribution in [2.45, 2.75) is 0 Å². The molecule has 0 unspecified atom stereocenters. The van der Waals surface area contributed by atoms with Crippen molar-refractivity contribution in [2.24, 2.45) is 7.05 Å². The van der Waals surface area contributed by atoms with Crippen LogP contribution in [0.5, 0.6) is 0 Å². The fourth-order valence-corrected chi connectivity index (χ4v) is 1.19. The van der Waals surface area contributed by atoms with E-state index in [2.05, 4.69) is 9.97 Å². The number of hydrogen-bond donors (Lipinski definition) is 1. The van der Waals surface area contributed by atoms with Gasteiger partial charge in [-0.2, -0.15) is 0 Å². The molecule has 2 aromatic heterocycles. The first-order valence-corrected chi connectivity index (χ1v) is 3.95. The van der Waals surface area contributed by atoms with Gasteiger partial charge in [0.1, 0.15) is 0 Å². The number of imidazole rings is 1. The molecule has 0 aliphatic rings. The average molecular weight is 174 g/mol. The largest absolute Gasteiger partial charge is 0.397 e. The van der Waals surface area contributed by atoms with Gasteiger partial charge < -0.3 is 10.3 Å². The summed E-state index contributed by atoms with van der Waals surface area (Å²) in [6.07, 6.45) is 7.01. The molecule has 0 saturated heterocycles. The summed E-state index contributed by atoms with van der Waals surface area (Å²) in [7, 11) is 1.92. The zero-order chi connectivity index (χ0) is 9.26. The van der Waals surface area contributed by atoms with E-state index in [0.29, 0.717) is 5.69 Å². The molecule has 0 aromatic carbocycles. The van der Waals surface area contributed by atoms with Crippen LogP contribution in [0.15, 0.2) is 31.0 Å². The molecular weight excluding hydrogens is 164 g/mol. The van der Waals surface area contributed by atoms with Crippen molar-refractivity contribution in [1.82, 2.24) is 14.5 Å². The first kappa shape index (κ1) is 7.79. The van der Waals surface area contributed by atoms with Gasteiger partial charge in [-0.1, -0.05) is 0 Å². The van der Waals surface area contributed by atoms with Crippen molar-refractivity contribution in [3.63, 3.8) is 0 Å². The molecule has 0 bridgehead atoms. The van der Waals surface area contributed by atoms with Gasteiger partial charge in [-0.25, -0.2) is 4.98 Å². The van der Waals surface area contributed by atoms with Crippen LogP contribution in [0.4, 0.5) is 5.69 Å². The Bertz CT molecular complexity index is 419. The lowest BCUT2D eigenvalue weighted by atomic mass is 10.2. The highest BCUT2D eigenvalue weighted by Crippen LogP contribution is 2.21. The average Bonchev–Trinajstić information content (AvgIpc) is 2.53. The van der Waals surface area contributed by atoms with Crippen LogP contribution in [0, 0.1) is 0 Å². The topological polar surface area (TPSA) is 56.7 Å². The normalized spacial score (nSPS) is 10.2. The van der Waals surface area contributed by atoms with Gasteiger partial charge in [0.15, 0.2) is 0 Å². The van der Waals surface area contributed by atoms with Crippen molar-refractivity contribution < 1.29 is 0 Å². The zero-order valence-electron chi connectivity index (χ0n) is 7.31. The monoisotopic (exact) mass is 174 g/mol. The van der Waals surface area contributed by atoms with Crippen LogP contribution in [-0.2, 0) is 7.05 Å². The van der Waals surface area contributed by atoms with Crippen LogP contribution in [-0.4, -0.2) is 14.5 Å². The number of nitrogens with zero attached hydrogens (tertiary/aromatic N) is 3. The Morgan fingerprint density at radius 1 is 1.46 bits per heavy atom. The van der Waals surface area contributed by atoms with E-state index in [1.165, 1.54) is 0 Å². The highest BCUT2D eigenvalue weighted by molar-refractivity contribution is 5.71. The number of hydrogen-bond acceptors (Lipinski definition) is 3. The van der Waals surface area contributed by atoms with Crippen molar-refractivity contribution in [1.29, 1.82) is 0 Å². The number of nitrogens with two attached hydrogens (primary N) is 1. The zero-order valence-corrected chi connectivity index (χ0v) is 7.31. The van der Waals surface area contributed by atoms with E-state index in [-0.39, 0.29) is 0 Å². The first-order chi connectivity index (χ1) is 6.27. The molecule has 4 nitrogen and oxygen atoms in total. The lowest BCUT2D eigenvalue weighted by Gasteiger charge is -1.99. The van der Waals surface area contributed by atoms with Crippen molar-refractivity contribution in [3.8, 4) is 11.3 Å². The fraction of sp³-hybridized carbons (Fsp3) is 0.111. The van der Waals surface area contributed by atoms with E-state index in [9.17, 15) is 0 Å². The molecule has 0 amide bonds. The number of aromatic nitrogens is 3. The number of aryl methyl sites for hydroxylation is 1. The second-order valence-corrected chi connectivity index (χ2v) is 2.89. The highest BCUT2D eigenvalue weighted by atomic mass is 15.0. The predicted octanol–water partition coefficient (Wildman–Crippen LogP) is 1.06. The van der Waals surface area contributed by atoms with Crippen LogP contribution >= 0.6 is 0 Å². The number of anilines is 1. The van der Waals surface area contributed by atoms with Gasteiger partial charge in [-0.15, -0.1) is 0 Å². The van der Waals surface area contributed by atoms with E-state index in [4.69, 9.17) is 5.73 Å². The first-order valence-electron chi connectivity index (χ1n) is 3.95. The molecule has 4 heteroatoms. The molecule has 0 aliphatic carbocycles. The number of pyridine rings is 1. The third-order valence-electron chi connectivity index (χ3n) is 1.83. The Morgan fingerprint density at radius 3 is 2.92 bits per heavy atom. The van der Waals surface area contributed by atoms with Crippen LogP contribution in [0.3, 0.4) is 0 Å². The van der Waals surface area contributed by atoms with Gasteiger partial charge in [0, 0.05) is 25.0 Å². The summed E-state index contributed by atoms with van der Waals surface area (Å²) in [6.45, 7) is 0. The molecule has 2 heterocycles. The summed E-state index contributed by atoms with van der Waals surface area (Å²) in [5.41, 5.74) is 8.21. The molecule has 0 atom stereocenters. The van der Waals surface area contributed by atoms with Crippen molar-refractivity contribution >= 4 is 5.69 Å². The number of nitrogen functional groups attached to an aromatic ring is 1. The molecule has 66 valence electrons. The minimum absolute atomic E-state index is 0.654. The molecule has 0 aliphatic heterocycles. The second kappa shape index (κ2) is 2.90. The maximum atomic E-state index is 5.75. The quantitative estimate of drug-likeness (QED) is 0.703. The van der Waals surface area contributed by atoms with E-state index in [1.807, 2.05) is 23.9 Å². The molecule has 0 saturated carbocycles. The third-order valence-corrected chi connectivity index (χ3v) is 1.83. The van der Waals surface area contributed by atoms with Gasteiger partial charge >= 0.3 is 0 Å². The summed E-state index contributed by atoms with van der Waals surface area (Å²) >= 11 is 0. The van der Waals surface area contributed by atoms with E-state index < -0.39 is 0 Å². The predicted molar refractivity (Wildman–Crippen MR) is 50.9 cm³/mol. The summed E-state index contributed by atoms with van der Waals surface area (Å²) < 4.78 is 1.88. The van der Waals surface area contributed by atoms with E-state index >= 15 is 0 Å². The molecule has 2 aromatic rings. The van der Waals surface area contributed by atoms with Crippen LogP contribution in [0.25, 0.3) is 11.3 Å². The molecule has 13 heavy (non-hydrogen) atoms. The smallest absolute Gasteiger partial charge is 0.0951 e. The minimum Gasteiger partial charge on any atom is -0.397 e. The number of rotatable bonds is 1. The van der Waals surface area contributed by atoms with Crippen LogP contribution < -0.4 is 5.73 Å². The Kier molecular flexibility index (Phi) is 1.73. The Labute approximate surface area is 76.1 Å². The van der Waals surface area contributed by atoms with Crippen LogP contribution in [0.2, 0.25) is 0 Å². The van der Waals surface area contributed by atoms with Crippen molar-refractivity contribution in [2.75, 3.05) is 5.73 Å². The lowest BCUT2D eigenvalue weighted by molar-refractivity contribution is 0.913. The summed E-state index contributed by atoms with van der Waals surface area (Å²) in [6, 6.07) is 1.86. The SMILES string of the molecule is Cn1cnc(-c2ccncc2N)c1. The van der Waals surface area contributed by atoms with Gasteiger partial charge in [0.2, 0.25) is 0 Å². The van der Waals surface area contributed by atoms with E-state index in [0.717, 1.165) is 11.3 Å². The van der Waals surface area contributed by atoms with E-state index in [1.54, 1.807) is 18.7 Å². The third kappa shape index (κ3) is 1.38. The second-order valence-electron chi connectivity index (χ2n) is 2.89. The minimum atomic E-state index is 0.654. The molecule has 2 rings (SSSR count). The molecular formula is C9H10N4. The van der Waals surface area contributed by atoms with Crippen molar-refractivity contribution in [3.05, 3.63) is 31.0 Å². The van der Waals surface area contributed by atoms with Gasteiger partial charge in [0.05, 0.1) is 23.9 Å².